The highest BCUT2D eigenvalue weighted by atomic mass is 16.5. The van der Waals surface area contributed by atoms with E-state index >= 15 is 0 Å². The summed E-state index contributed by atoms with van der Waals surface area (Å²) >= 11 is 0. The predicted octanol–water partition coefficient (Wildman–Crippen LogP) is 2.46. The van der Waals surface area contributed by atoms with E-state index in [0.29, 0.717) is 13.0 Å². The Kier molecular flexibility index (Phi) is 6.50. The molecule has 5 nitrogen and oxygen atoms in total. The maximum absolute atomic E-state index is 12.4. The van der Waals surface area contributed by atoms with Crippen LogP contribution >= 0.6 is 0 Å². The molecule has 0 radical (unpaired) electrons. The van der Waals surface area contributed by atoms with Gasteiger partial charge in [0, 0.05) is 32.7 Å². The van der Waals surface area contributed by atoms with Crippen LogP contribution in [0, 0.1) is 0 Å². The smallest absolute Gasteiger partial charge is 0.227 e. The first kappa shape index (κ1) is 18.3. The van der Waals surface area contributed by atoms with Crippen LogP contribution < -0.4 is 9.47 Å². The number of carbonyl (C=O) groups excluding carboxylic acids is 1. The largest absolute Gasteiger partial charge is 0.497 e. The Morgan fingerprint density at radius 2 is 1.58 bits per heavy atom. The fourth-order valence-electron chi connectivity index (χ4n) is 3.07. The van der Waals surface area contributed by atoms with Gasteiger partial charge in [0.1, 0.15) is 18.1 Å². The molecule has 0 aromatic heterocycles. The molecule has 1 aliphatic heterocycles. The van der Waals surface area contributed by atoms with Crippen LogP contribution in [0.3, 0.4) is 0 Å². The van der Waals surface area contributed by atoms with Gasteiger partial charge < -0.3 is 14.4 Å². The molecule has 0 N–H and O–H groups in total. The summed E-state index contributed by atoms with van der Waals surface area (Å²) in [5.41, 5.74) is 1.08. The van der Waals surface area contributed by atoms with E-state index in [-0.39, 0.29) is 5.91 Å². The molecule has 0 atom stereocenters. The molecule has 26 heavy (non-hydrogen) atoms. The van der Waals surface area contributed by atoms with Crippen molar-refractivity contribution in [3.05, 3.63) is 60.2 Å². The number of rotatable bonds is 7. The Labute approximate surface area is 155 Å². The molecule has 5 heteroatoms. The first-order chi connectivity index (χ1) is 12.7. The van der Waals surface area contributed by atoms with Crippen molar-refractivity contribution in [2.24, 2.45) is 0 Å². The number of methoxy groups -OCH3 is 1. The maximum Gasteiger partial charge on any atom is 0.227 e. The summed E-state index contributed by atoms with van der Waals surface area (Å²) in [6.45, 7) is 4.87. The molecular formula is C21H26N2O3. The molecule has 138 valence electrons. The zero-order valence-corrected chi connectivity index (χ0v) is 15.3. The highest BCUT2D eigenvalue weighted by Gasteiger charge is 2.20. The standard InChI is InChI=1S/C21H26N2O3/c1-25-19-7-9-20(10-8-19)26-16-15-22-11-13-23(14-12-22)21(24)17-18-5-3-2-4-6-18/h2-10H,11-17H2,1H3. The number of ether oxygens (including phenoxy) is 2. The SMILES string of the molecule is COc1ccc(OCCN2CCN(C(=O)Cc3ccccc3)CC2)cc1. The topological polar surface area (TPSA) is 42.0 Å². The molecule has 2 aromatic rings. The van der Waals surface area contributed by atoms with Crippen LogP contribution in [0.2, 0.25) is 0 Å². The average molecular weight is 354 g/mol. The van der Waals surface area contributed by atoms with Crippen molar-refractivity contribution in [2.75, 3.05) is 46.4 Å². The third-order valence-corrected chi connectivity index (χ3v) is 4.66. The molecule has 1 saturated heterocycles. The molecule has 3 rings (SSSR count). The van der Waals surface area contributed by atoms with Gasteiger partial charge in [-0.1, -0.05) is 30.3 Å². The lowest BCUT2D eigenvalue weighted by Gasteiger charge is -2.34. The van der Waals surface area contributed by atoms with Crippen LogP contribution in [0.4, 0.5) is 0 Å². The van der Waals surface area contributed by atoms with E-state index in [1.54, 1.807) is 7.11 Å². The Morgan fingerprint density at radius 3 is 2.23 bits per heavy atom. The van der Waals surface area contributed by atoms with Gasteiger partial charge in [0.25, 0.3) is 0 Å². The Bertz CT molecular complexity index is 680. The van der Waals surface area contributed by atoms with Crippen molar-refractivity contribution in [3.63, 3.8) is 0 Å². The van der Waals surface area contributed by atoms with Crippen molar-refractivity contribution >= 4 is 5.91 Å². The lowest BCUT2D eigenvalue weighted by Crippen LogP contribution is -2.49. The Balaban J connectivity index is 1.36. The quantitative estimate of drug-likeness (QED) is 0.766. The van der Waals surface area contributed by atoms with Crippen LogP contribution in [0.1, 0.15) is 5.56 Å². The Morgan fingerprint density at radius 1 is 0.923 bits per heavy atom. The minimum Gasteiger partial charge on any atom is -0.497 e. The summed E-state index contributed by atoms with van der Waals surface area (Å²) < 4.78 is 10.9. The van der Waals surface area contributed by atoms with Crippen LogP contribution in [0.15, 0.2) is 54.6 Å². The summed E-state index contributed by atoms with van der Waals surface area (Å²) in [6, 6.07) is 17.6. The van der Waals surface area contributed by atoms with E-state index in [2.05, 4.69) is 4.90 Å². The number of hydrogen-bond acceptors (Lipinski definition) is 4. The molecule has 1 heterocycles. The zero-order valence-electron chi connectivity index (χ0n) is 15.3. The lowest BCUT2D eigenvalue weighted by atomic mass is 10.1. The molecule has 1 amide bonds. The lowest BCUT2D eigenvalue weighted by molar-refractivity contribution is -0.132. The van der Waals surface area contributed by atoms with E-state index in [4.69, 9.17) is 9.47 Å². The second-order valence-electron chi connectivity index (χ2n) is 6.41. The van der Waals surface area contributed by atoms with Gasteiger partial charge in [-0.15, -0.1) is 0 Å². The molecule has 2 aromatic carbocycles. The maximum atomic E-state index is 12.4. The van der Waals surface area contributed by atoms with Gasteiger partial charge in [-0.3, -0.25) is 9.69 Å². The van der Waals surface area contributed by atoms with Crippen molar-refractivity contribution in [1.29, 1.82) is 0 Å². The van der Waals surface area contributed by atoms with Crippen LogP contribution in [-0.2, 0) is 11.2 Å². The van der Waals surface area contributed by atoms with E-state index in [9.17, 15) is 4.79 Å². The van der Waals surface area contributed by atoms with Crippen molar-refractivity contribution in [1.82, 2.24) is 9.80 Å². The normalized spacial score (nSPS) is 14.9. The van der Waals surface area contributed by atoms with Crippen molar-refractivity contribution in [2.45, 2.75) is 6.42 Å². The van der Waals surface area contributed by atoms with Crippen molar-refractivity contribution < 1.29 is 14.3 Å². The number of benzene rings is 2. The number of hydrogen-bond donors (Lipinski definition) is 0. The molecule has 0 spiro atoms. The first-order valence-corrected chi connectivity index (χ1v) is 9.05. The van der Waals surface area contributed by atoms with Gasteiger partial charge in [0.2, 0.25) is 5.91 Å². The summed E-state index contributed by atoms with van der Waals surface area (Å²) in [5.74, 6) is 1.89. The zero-order chi connectivity index (χ0) is 18.2. The van der Waals surface area contributed by atoms with E-state index in [1.807, 2.05) is 59.5 Å². The molecule has 0 saturated carbocycles. The van der Waals surface area contributed by atoms with Gasteiger partial charge in [0.15, 0.2) is 0 Å². The molecule has 1 aliphatic rings. The predicted molar refractivity (Wildman–Crippen MR) is 102 cm³/mol. The highest BCUT2D eigenvalue weighted by molar-refractivity contribution is 5.78. The summed E-state index contributed by atoms with van der Waals surface area (Å²) in [7, 11) is 1.65. The highest BCUT2D eigenvalue weighted by Crippen LogP contribution is 2.17. The number of carbonyl (C=O) groups is 1. The molecule has 0 aliphatic carbocycles. The van der Waals surface area contributed by atoms with Gasteiger partial charge in [0.05, 0.1) is 13.5 Å². The number of nitrogens with zero attached hydrogens (tertiary/aromatic N) is 2. The van der Waals surface area contributed by atoms with Crippen molar-refractivity contribution in [3.8, 4) is 11.5 Å². The van der Waals surface area contributed by atoms with Gasteiger partial charge in [-0.2, -0.15) is 0 Å². The Hall–Kier alpha value is -2.53. The molecule has 0 bridgehead atoms. The van der Waals surface area contributed by atoms with E-state index in [1.165, 1.54) is 0 Å². The minimum absolute atomic E-state index is 0.213. The van der Waals surface area contributed by atoms with E-state index in [0.717, 1.165) is 49.8 Å². The van der Waals surface area contributed by atoms with Gasteiger partial charge >= 0.3 is 0 Å². The monoisotopic (exact) mass is 354 g/mol. The van der Waals surface area contributed by atoms with Crippen LogP contribution in [-0.4, -0.2) is 62.1 Å². The molecular weight excluding hydrogens is 328 g/mol. The molecule has 1 fully saturated rings. The second kappa shape index (κ2) is 9.25. The summed E-state index contributed by atoms with van der Waals surface area (Å²) in [5, 5.41) is 0. The number of piperazine rings is 1. The summed E-state index contributed by atoms with van der Waals surface area (Å²) in [4.78, 5) is 16.7. The fraction of sp³-hybridized carbons (Fsp3) is 0.381. The first-order valence-electron chi connectivity index (χ1n) is 9.05. The number of amides is 1. The molecule has 0 unspecified atom stereocenters. The minimum atomic E-state index is 0.213. The van der Waals surface area contributed by atoms with E-state index < -0.39 is 0 Å². The third kappa shape index (κ3) is 5.23. The average Bonchev–Trinajstić information content (AvgIpc) is 2.70. The second-order valence-corrected chi connectivity index (χ2v) is 6.41. The fourth-order valence-corrected chi connectivity index (χ4v) is 3.07. The summed E-state index contributed by atoms with van der Waals surface area (Å²) in [6.07, 6.45) is 0.488. The van der Waals surface area contributed by atoms with Crippen LogP contribution in [0.25, 0.3) is 0 Å². The van der Waals surface area contributed by atoms with Gasteiger partial charge in [-0.25, -0.2) is 0 Å². The van der Waals surface area contributed by atoms with Gasteiger partial charge in [-0.05, 0) is 29.8 Å². The third-order valence-electron chi connectivity index (χ3n) is 4.66. The van der Waals surface area contributed by atoms with Crippen LogP contribution in [0.5, 0.6) is 11.5 Å².